The van der Waals surface area contributed by atoms with Gasteiger partial charge in [0, 0.05) is 21.7 Å². The molecule has 0 N–H and O–H groups in total. The fourth-order valence-electron chi connectivity index (χ4n) is 1.74. The first-order chi connectivity index (χ1) is 8.72. The second-order valence-corrected chi connectivity index (χ2v) is 5.30. The highest BCUT2D eigenvalue weighted by Gasteiger charge is 2.09. The Morgan fingerprint density at radius 2 is 1.78 bits per heavy atom. The maximum absolute atomic E-state index is 12.1. The molecule has 1 aromatic heterocycles. The number of carbonyl (C=O) groups is 1. The molecule has 0 unspecified atom stereocenters. The van der Waals surface area contributed by atoms with Crippen LogP contribution in [0, 0.1) is 0 Å². The maximum Gasteiger partial charge on any atom is 0.168 e. The van der Waals surface area contributed by atoms with E-state index < -0.39 is 0 Å². The Hall–Kier alpha value is -1.61. The van der Waals surface area contributed by atoms with E-state index in [9.17, 15) is 4.79 Å². The molecule has 1 heterocycles. The van der Waals surface area contributed by atoms with E-state index in [1.165, 1.54) is 4.88 Å². The molecule has 0 fully saturated rings. The number of thiophene rings is 1. The number of Topliss-reactive ketones (excluding diaryl/α,β-unsaturated/α-hetero) is 1. The third-order valence-corrected chi connectivity index (χ3v) is 4.04. The van der Waals surface area contributed by atoms with E-state index in [1.54, 1.807) is 18.4 Å². The van der Waals surface area contributed by atoms with Crippen molar-refractivity contribution in [2.75, 3.05) is 7.11 Å². The standard InChI is InChI=1S/C15H16O2S/c1-3-13-8-9-14(18-13)10-15(16)11-4-6-12(17-2)7-5-11/h4-9H,3,10H2,1-2H3. The summed E-state index contributed by atoms with van der Waals surface area (Å²) in [4.78, 5) is 14.5. The summed E-state index contributed by atoms with van der Waals surface area (Å²) in [5, 5.41) is 0. The number of carbonyl (C=O) groups excluding carboxylic acids is 1. The number of methoxy groups -OCH3 is 1. The number of hydrogen-bond donors (Lipinski definition) is 0. The molecule has 0 bridgehead atoms. The summed E-state index contributed by atoms with van der Waals surface area (Å²) in [5.74, 6) is 0.929. The van der Waals surface area contributed by atoms with Crippen molar-refractivity contribution in [3.63, 3.8) is 0 Å². The lowest BCUT2D eigenvalue weighted by Gasteiger charge is -2.02. The van der Waals surface area contributed by atoms with Crippen LogP contribution in [-0.2, 0) is 12.8 Å². The molecule has 0 aliphatic heterocycles. The third-order valence-electron chi connectivity index (χ3n) is 2.81. The van der Waals surface area contributed by atoms with Gasteiger partial charge in [-0.05, 0) is 42.8 Å². The Labute approximate surface area is 111 Å². The average molecular weight is 260 g/mol. The zero-order chi connectivity index (χ0) is 13.0. The van der Waals surface area contributed by atoms with Crippen LogP contribution in [0.25, 0.3) is 0 Å². The van der Waals surface area contributed by atoms with Crippen LogP contribution in [0.1, 0.15) is 27.0 Å². The monoisotopic (exact) mass is 260 g/mol. The van der Waals surface area contributed by atoms with E-state index in [2.05, 4.69) is 13.0 Å². The topological polar surface area (TPSA) is 26.3 Å². The van der Waals surface area contributed by atoms with Gasteiger partial charge in [-0.3, -0.25) is 4.79 Å². The first-order valence-electron chi connectivity index (χ1n) is 5.97. The molecular formula is C15H16O2S. The van der Waals surface area contributed by atoms with Crippen molar-refractivity contribution in [2.45, 2.75) is 19.8 Å². The maximum atomic E-state index is 12.1. The first kappa shape index (κ1) is 12.8. The Bertz CT molecular complexity index is 526. The molecule has 3 heteroatoms. The average Bonchev–Trinajstić information content (AvgIpc) is 2.86. The molecule has 2 nitrogen and oxygen atoms in total. The molecule has 0 aliphatic rings. The Morgan fingerprint density at radius 3 is 2.33 bits per heavy atom. The zero-order valence-electron chi connectivity index (χ0n) is 10.6. The van der Waals surface area contributed by atoms with Crippen molar-refractivity contribution in [1.82, 2.24) is 0 Å². The molecule has 0 spiro atoms. The summed E-state index contributed by atoms with van der Waals surface area (Å²) in [6, 6.07) is 11.4. The molecule has 0 saturated heterocycles. The Balaban J connectivity index is 2.06. The summed E-state index contributed by atoms with van der Waals surface area (Å²) in [6.07, 6.45) is 1.51. The number of ketones is 1. The van der Waals surface area contributed by atoms with Crippen LogP contribution in [0.4, 0.5) is 0 Å². The van der Waals surface area contributed by atoms with Gasteiger partial charge in [-0.2, -0.15) is 0 Å². The molecule has 0 radical (unpaired) electrons. The van der Waals surface area contributed by atoms with Crippen molar-refractivity contribution in [1.29, 1.82) is 0 Å². The van der Waals surface area contributed by atoms with Crippen LogP contribution in [0.2, 0.25) is 0 Å². The van der Waals surface area contributed by atoms with Crippen molar-refractivity contribution < 1.29 is 9.53 Å². The number of benzene rings is 1. The number of ether oxygens (including phenoxy) is 1. The number of rotatable bonds is 5. The van der Waals surface area contributed by atoms with Gasteiger partial charge in [-0.1, -0.05) is 6.92 Å². The molecular weight excluding hydrogens is 244 g/mol. The lowest BCUT2D eigenvalue weighted by atomic mass is 10.1. The van der Waals surface area contributed by atoms with E-state index in [0.717, 1.165) is 22.6 Å². The molecule has 2 rings (SSSR count). The van der Waals surface area contributed by atoms with Gasteiger partial charge in [-0.15, -0.1) is 11.3 Å². The van der Waals surface area contributed by atoms with Crippen LogP contribution in [-0.4, -0.2) is 12.9 Å². The quantitative estimate of drug-likeness (QED) is 0.765. The summed E-state index contributed by atoms with van der Waals surface area (Å²) in [7, 11) is 1.62. The van der Waals surface area contributed by atoms with E-state index in [1.807, 2.05) is 30.3 Å². The Kier molecular flexibility index (Phi) is 4.15. The smallest absolute Gasteiger partial charge is 0.168 e. The van der Waals surface area contributed by atoms with Crippen LogP contribution in [0.5, 0.6) is 5.75 Å². The van der Waals surface area contributed by atoms with Crippen LogP contribution < -0.4 is 4.74 Å². The van der Waals surface area contributed by atoms with Gasteiger partial charge >= 0.3 is 0 Å². The van der Waals surface area contributed by atoms with Gasteiger partial charge < -0.3 is 4.74 Å². The fraction of sp³-hybridized carbons (Fsp3) is 0.267. The lowest BCUT2D eigenvalue weighted by molar-refractivity contribution is 0.0994. The highest BCUT2D eigenvalue weighted by atomic mass is 32.1. The molecule has 0 atom stereocenters. The van der Waals surface area contributed by atoms with Gasteiger partial charge in [0.25, 0.3) is 0 Å². The molecule has 18 heavy (non-hydrogen) atoms. The highest BCUT2D eigenvalue weighted by Crippen LogP contribution is 2.19. The van der Waals surface area contributed by atoms with Gasteiger partial charge in [-0.25, -0.2) is 0 Å². The van der Waals surface area contributed by atoms with Crippen LogP contribution >= 0.6 is 11.3 Å². The largest absolute Gasteiger partial charge is 0.497 e. The summed E-state index contributed by atoms with van der Waals surface area (Å²) in [5.41, 5.74) is 0.738. The van der Waals surface area contributed by atoms with E-state index in [-0.39, 0.29) is 5.78 Å². The van der Waals surface area contributed by atoms with E-state index in [0.29, 0.717) is 6.42 Å². The SMILES string of the molecule is CCc1ccc(CC(=O)c2ccc(OC)cc2)s1. The predicted octanol–water partition coefficient (Wildman–Crippen LogP) is 3.74. The second-order valence-electron chi connectivity index (χ2n) is 4.05. The van der Waals surface area contributed by atoms with Crippen molar-refractivity contribution >= 4 is 17.1 Å². The normalized spacial score (nSPS) is 10.3. The van der Waals surface area contributed by atoms with Crippen LogP contribution in [0.15, 0.2) is 36.4 Å². The minimum absolute atomic E-state index is 0.155. The summed E-state index contributed by atoms with van der Waals surface area (Å²) >= 11 is 1.72. The molecule has 0 saturated carbocycles. The summed E-state index contributed by atoms with van der Waals surface area (Å²) in [6.45, 7) is 2.13. The Morgan fingerprint density at radius 1 is 1.11 bits per heavy atom. The third kappa shape index (κ3) is 2.99. The molecule has 94 valence electrons. The highest BCUT2D eigenvalue weighted by molar-refractivity contribution is 7.12. The van der Waals surface area contributed by atoms with Gasteiger partial charge in [0.1, 0.15) is 5.75 Å². The lowest BCUT2D eigenvalue weighted by Crippen LogP contribution is -2.01. The second kappa shape index (κ2) is 5.83. The van der Waals surface area contributed by atoms with E-state index in [4.69, 9.17) is 4.74 Å². The van der Waals surface area contributed by atoms with Gasteiger partial charge in [0.05, 0.1) is 7.11 Å². The number of aryl methyl sites for hydroxylation is 1. The molecule has 2 aromatic rings. The van der Waals surface area contributed by atoms with E-state index >= 15 is 0 Å². The van der Waals surface area contributed by atoms with Gasteiger partial charge in [0.15, 0.2) is 5.78 Å². The predicted molar refractivity (Wildman–Crippen MR) is 74.7 cm³/mol. The molecule has 0 aliphatic carbocycles. The van der Waals surface area contributed by atoms with Crippen molar-refractivity contribution in [3.8, 4) is 5.75 Å². The van der Waals surface area contributed by atoms with Crippen molar-refractivity contribution in [2.24, 2.45) is 0 Å². The van der Waals surface area contributed by atoms with Gasteiger partial charge in [0.2, 0.25) is 0 Å². The van der Waals surface area contributed by atoms with Crippen molar-refractivity contribution in [3.05, 3.63) is 51.7 Å². The number of hydrogen-bond acceptors (Lipinski definition) is 3. The minimum Gasteiger partial charge on any atom is -0.497 e. The minimum atomic E-state index is 0.155. The van der Waals surface area contributed by atoms with Crippen LogP contribution in [0.3, 0.4) is 0 Å². The molecule has 1 aromatic carbocycles. The summed E-state index contributed by atoms with van der Waals surface area (Å²) < 4.78 is 5.08. The fourth-order valence-corrected chi connectivity index (χ4v) is 2.70. The molecule has 0 amide bonds. The zero-order valence-corrected chi connectivity index (χ0v) is 11.4. The first-order valence-corrected chi connectivity index (χ1v) is 6.79.